The second-order valence-corrected chi connectivity index (χ2v) is 8.18. The van der Waals surface area contributed by atoms with Crippen LogP contribution in [0.5, 0.6) is 5.75 Å². The molecule has 5 rings (SSSR count). The Hall–Kier alpha value is -4.47. The summed E-state index contributed by atoms with van der Waals surface area (Å²) in [6.07, 6.45) is 4.07. The van der Waals surface area contributed by atoms with Crippen molar-refractivity contribution >= 4 is 29.4 Å². The minimum absolute atomic E-state index is 0.493. The van der Waals surface area contributed by atoms with E-state index in [1.54, 1.807) is 7.11 Å². The molecular formula is C25H27N9O. The Morgan fingerprint density at radius 1 is 0.857 bits per heavy atom. The smallest absolute Gasteiger partial charge is 0.231 e. The summed E-state index contributed by atoms with van der Waals surface area (Å²) >= 11 is 0. The summed E-state index contributed by atoms with van der Waals surface area (Å²) < 4.78 is 5.20. The highest BCUT2D eigenvalue weighted by molar-refractivity contribution is 5.55. The van der Waals surface area contributed by atoms with E-state index in [2.05, 4.69) is 52.2 Å². The molecule has 178 valence electrons. The van der Waals surface area contributed by atoms with Crippen molar-refractivity contribution in [3.63, 3.8) is 0 Å². The molecule has 1 saturated heterocycles. The number of nitrogens with two attached hydrogens (primary N) is 1. The van der Waals surface area contributed by atoms with E-state index in [1.807, 2.05) is 48.7 Å². The van der Waals surface area contributed by atoms with Crippen molar-refractivity contribution in [3.05, 3.63) is 78.2 Å². The van der Waals surface area contributed by atoms with E-state index in [0.29, 0.717) is 30.1 Å². The van der Waals surface area contributed by atoms with Gasteiger partial charge in [0.05, 0.1) is 7.11 Å². The Morgan fingerprint density at radius 3 is 2.20 bits per heavy atom. The van der Waals surface area contributed by atoms with Crippen molar-refractivity contribution in [2.45, 2.75) is 6.42 Å². The maximum atomic E-state index is 6.26. The van der Waals surface area contributed by atoms with Crippen molar-refractivity contribution in [2.75, 3.05) is 54.1 Å². The zero-order valence-electron chi connectivity index (χ0n) is 19.5. The second kappa shape index (κ2) is 10.2. The lowest BCUT2D eigenvalue weighted by Gasteiger charge is -2.34. The highest BCUT2D eigenvalue weighted by Crippen LogP contribution is 2.21. The summed E-state index contributed by atoms with van der Waals surface area (Å²) in [5.74, 6) is 3.09. The van der Waals surface area contributed by atoms with Crippen LogP contribution in [0.3, 0.4) is 0 Å². The standard InChI is InChI=1S/C25H27N9O/c1-35-21-9-7-20(8-10-21)30-23-28-17-29-25(32-23)34-13-11-33(12-14-34)24-27-16-19(22(26)31-24)15-18-5-3-2-4-6-18/h2-10,16-17H,11-15H2,1H3,(H2,26,27,31)(H,28,29,30,32). The van der Waals surface area contributed by atoms with E-state index in [-0.39, 0.29) is 0 Å². The number of hydrogen-bond donors (Lipinski definition) is 2. The van der Waals surface area contributed by atoms with Crippen molar-refractivity contribution in [3.8, 4) is 5.75 Å². The number of nitrogen functional groups attached to an aromatic ring is 1. The Balaban J connectivity index is 1.20. The normalized spacial score (nSPS) is 13.5. The number of benzene rings is 2. The summed E-state index contributed by atoms with van der Waals surface area (Å²) in [7, 11) is 1.64. The zero-order valence-corrected chi connectivity index (χ0v) is 19.5. The molecule has 0 atom stereocenters. The predicted octanol–water partition coefficient (Wildman–Crippen LogP) is 2.91. The molecule has 0 bridgehead atoms. The lowest BCUT2D eigenvalue weighted by Crippen LogP contribution is -2.47. The molecule has 35 heavy (non-hydrogen) atoms. The molecule has 0 unspecified atom stereocenters. The molecule has 0 saturated carbocycles. The van der Waals surface area contributed by atoms with Gasteiger partial charge in [-0.1, -0.05) is 30.3 Å². The Kier molecular flexibility index (Phi) is 6.51. The van der Waals surface area contributed by atoms with E-state index in [0.717, 1.165) is 43.2 Å². The van der Waals surface area contributed by atoms with Crippen LogP contribution in [0.15, 0.2) is 67.1 Å². The number of nitrogens with zero attached hydrogens (tertiary/aromatic N) is 7. The first kappa shape index (κ1) is 22.3. The number of piperazine rings is 1. The molecule has 0 aliphatic carbocycles. The minimum atomic E-state index is 0.493. The fourth-order valence-electron chi connectivity index (χ4n) is 3.92. The van der Waals surface area contributed by atoms with Crippen LogP contribution < -0.4 is 25.6 Å². The molecular weight excluding hydrogens is 442 g/mol. The zero-order chi connectivity index (χ0) is 24.0. The summed E-state index contributed by atoms with van der Waals surface area (Å²) in [4.78, 5) is 26.6. The number of methoxy groups -OCH3 is 1. The maximum absolute atomic E-state index is 6.26. The number of hydrogen-bond acceptors (Lipinski definition) is 10. The van der Waals surface area contributed by atoms with Gasteiger partial charge in [-0.25, -0.2) is 15.0 Å². The molecule has 2 aromatic heterocycles. The monoisotopic (exact) mass is 469 g/mol. The van der Waals surface area contributed by atoms with Crippen LogP contribution in [0.2, 0.25) is 0 Å². The number of ether oxygens (including phenoxy) is 1. The van der Waals surface area contributed by atoms with Crippen LogP contribution in [-0.2, 0) is 6.42 Å². The van der Waals surface area contributed by atoms with Gasteiger partial charge < -0.3 is 25.6 Å². The molecule has 10 nitrogen and oxygen atoms in total. The van der Waals surface area contributed by atoms with Crippen LogP contribution in [0, 0.1) is 0 Å². The van der Waals surface area contributed by atoms with E-state index in [9.17, 15) is 0 Å². The van der Waals surface area contributed by atoms with Gasteiger partial charge in [-0.2, -0.15) is 9.97 Å². The largest absolute Gasteiger partial charge is 0.497 e. The van der Waals surface area contributed by atoms with E-state index in [1.165, 1.54) is 11.9 Å². The quantitative estimate of drug-likeness (QED) is 0.418. The number of anilines is 5. The average molecular weight is 470 g/mol. The first-order valence-electron chi connectivity index (χ1n) is 11.4. The fourth-order valence-corrected chi connectivity index (χ4v) is 3.92. The maximum Gasteiger partial charge on any atom is 0.231 e. The predicted molar refractivity (Wildman–Crippen MR) is 136 cm³/mol. The van der Waals surface area contributed by atoms with Crippen LogP contribution in [0.4, 0.5) is 29.4 Å². The minimum Gasteiger partial charge on any atom is -0.497 e. The van der Waals surface area contributed by atoms with Crippen LogP contribution >= 0.6 is 0 Å². The van der Waals surface area contributed by atoms with Gasteiger partial charge in [-0.3, -0.25) is 0 Å². The molecule has 3 N–H and O–H groups in total. The molecule has 10 heteroatoms. The summed E-state index contributed by atoms with van der Waals surface area (Å²) in [5, 5.41) is 3.21. The molecule has 1 fully saturated rings. The lowest BCUT2D eigenvalue weighted by molar-refractivity contribution is 0.415. The molecule has 4 aromatic rings. The SMILES string of the molecule is COc1ccc(Nc2ncnc(N3CCN(c4ncc(Cc5ccccc5)c(N)n4)CC3)n2)cc1. The van der Waals surface area contributed by atoms with Gasteiger partial charge >= 0.3 is 0 Å². The van der Waals surface area contributed by atoms with Gasteiger partial charge in [0.25, 0.3) is 0 Å². The van der Waals surface area contributed by atoms with Gasteiger partial charge in [-0.05, 0) is 29.8 Å². The van der Waals surface area contributed by atoms with E-state index in [4.69, 9.17) is 10.5 Å². The number of rotatable bonds is 7. The Bertz CT molecular complexity index is 1260. The molecule has 0 spiro atoms. The summed E-state index contributed by atoms with van der Waals surface area (Å²) in [5.41, 5.74) is 9.25. The number of nitrogens with one attached hydrogen (secondary N) is 1. The molecule has 0 radical (unpaired) electrons. The molecule has 1 aliphatic rings. The molecule has 2 aromatic carbocycles. The molecule has 1 aliphatic heterocycles. The lowest BCUT2D eigenvalue weighted by atomic mass is 10.1. The van der Waals surface area contributed by atoms with Gasteiger partial charge in [0.2, 0.25) is 17.8 Å². The third kappa shape index (κ3) is 5.37. The third-order valence-corrected chi connectivity index (χ3v) is 5.87. The number of aromatic nitrogens is 5. The fraction of sp³-hybridized carbons (Fsp3) is 0.240. The Morgan fingerprint density at radius 2 is 1.54 bits per heavy atom. The van der Waals surface area contributed by atoms with Crippen LogP contribution in [0.25, 0.3) is 0 Å². The molecule has 0 amide bonds. The van der Waals surface area contributed by atoms with E-state index < -0.39 is 0 Å². The average Bonchev–Trinajstić information content (AvgIpc) is 2.91. The first-order chi connectivity index (χ1) is 17.2. The van der Waals surface area contributed by atoms with Crippen molar-refractivity contribution in [2.24, 2.45) is 0 Å². The van der Waals surface area contributed by atoms with Crippen molar-refractivity contribution < 1.29 is 4.74 Å². The van der Waals surface area contributed by atoms with Crippen molar-refractivity contribution in [1.82, 2.24) is 24.9 Å². The summed E-state index contributed by atoms with van der Waals surface area (Å²) in [6.45, 7) is 2.96. The van der Waals surface area contributed by atoms with Crippen molar-refractivity contribution in [1.29, 1.82) is 0 Å². The third-order valence-electron chi connectivity index (χ3n) is 5.87. The van der Waals surface area contributed by atoms with Gasteiger partial charge in [0, 0.05) is 50.0 Å². The van der Waals surface area contributed by atoms with E-state index >= 15 is 0 Å². The topological polar surface area (TPSA) is 118 Å². The molecule has 3 heterocycles. The van der Waals surface area contributed by atoms with Gasteiger partial charge in [0.1, 0.15) is 17.9 Å². The van der Waals surface area contributed by atoms with Crippen LogP contribution in [0.1, 0.15) is 11.1 Å². The van der Waals surface area contributed by atoms with Crippen LogP contribution in [-0.4, -0.2) is 58.2 Å². The highest BCUT2D eigenvalue weighted by Gasteiger charge is 2.22. The summed E-state index contributed by atoms with van der Waals surface area (Å²) in [6, 6.07) is 17.8. The first-order valence-corrected chi connectivity index (χ1v) is 11.4. The van der Waals surface area contributed by atoms with Gasteiger partial charge in [-0.15, -0.1) is 0 Å². The Labute approximate surface area is 203 Å². The van der Waals surface area contributed by atoms with Gasteiger partial charge in [0.15, 0.2) is 0 Å². The second-order valence-electron chi connectivity index (χ2n) is 8.18. The highest BCUT2D eigenvalue weighted by atomic mass is 16.5.